The standard InChI is InChI=1S/C17H23N3O4S/c1-12(21)18-14-6-8-16(9-7-14)25(23,24)20-10-2-3-13(11-20)17(22)19-15-4-5-15/h6-9,13,15H,2-5,10-11H2,1H3,(H,18,21)(H,19,22)/t13-/m0/s1. The Morgan fingerprint density at radius 1 is 1.12 bits per heavy atom. The highest BCUT2D eigenvalue weighted by Crippen LogP contribution is 2.26. The molecule has 0 unspecified atom stereocenters. The molecule has 7 nitrogen and oxygen atoms in total. The lowest BCUT2D eigenvalue weighted by Gasteiger charge is -2.31. The van der Waals surface area contributed by atoms with E-state index in [9.17, 15) is 18.0 Å². The van der Waals surface area contributed by atoms with E-state index in [0.29, 0.717) is 25.1 Å². The normalized spacial score (nSPS) is 21.6. The topological polar surface area (TPSA) is 95.6 Å². The van der Waals surface area contributed by atoms with Crippen LogP contribution in [0.5, 0.6) is 0 Å². The van der Waals surface area contributed by atoms with Gasteiger partial charge >= 0.3 is 0 Å². The van der Waals surface area contributed by atoms with Gasteiger partial charge in [0, 0.05) is 31.7 Å². The lowest BCUT2D eigenvalue weighted by atomic mass is 9.99. The number of benzene rings is 1. The summed E-state index contributed by atoms with van der Waals surface area (Å²) in [7, 11) is -3.65. The van der Waals surface area contributed by atoms with Gasteiger partial charge in [0.1, 0.15) is 0 Å². The van der Waals surface area contributed by atoms with E-state index in [1.54, 1.807) is 12.1 Å². The Balaban J connectivity index is 1.69. The third-order valence-corrected chi connectivity index (χ3v) is 6.37. The van der Waals surface area contributed by atoms with Gasteiger partial charge in [-0.05, 0) is 49.9 Å². The molecule has 1 aliphatic carbocycles. The zero-order chi connectivity index (χ0) is 18.0. The molecule has 1 aliphatic heterocycles. The summed E-state index contributed by atoms with van der Waals surface area (Å²) in [6.07, 6.45) is 3.42. The van der Waals surface area contributed by atoms with E-state index < -0.39 is 10.0 Å². The molecule has 0 bridgehead atoms. The summed E-state index contributed by atoms with van der Waals surface area (Å²) in [5.74, 6) is -0.540. The molecule has 2 amide bonds. The van der Waals surface area contributed by atoms with Crippen LogP contribution < -0.4 is 10.6 Å². The lowest BCUT2D eigenvalue weighted by Crippen LogP contribution is -2.45. The summed E-state index contributed by atoms with van der Waals surface area (Å²) < 4.78 is 27.1. The Labute approximate surface area is 147 Å². The Bertz CT molecular complexity index is 757. The molecule has 1 saturated carbocycles. The highest BCUT2D eigenvalue weighted by molar-refractivity contribution is 7.89. The zero-order valence-electron chi connectivity index (χ0n) is 14.2. The van der Waals surface area contributed by atoms with Crippen LogP contribution >= 0.6 is 0 Å². The lowest BCUT2D eigenvalue weighted by molar-refractivity contribution is -0.126. The van der Waals surface area contributed by atoms with Crippen molar-refractivity contribution in [1.82, 2.24) is 9.62 Å². The van der Waals surface area contributed by atoms with Gasteiger partial charge in [-0.25, -0.2) is 8.42 Å². The van der Waals surface area contributed by atoms with Crippen molar-refractivity contribution >= 4 is 27.5 Å². The van der Waals surface area contributed by atoms with Gasteiger partial charge in [0.05, 0.1) is 10.8 Å². The first-order chi connectivity index (χ1) is 11.9. The Kier molecular flexibility index (Phi) is 5.10. The van der Waals surface area contributed by atoms with Crippen LogP contribution in [0.3, 0.4) is 0 Å². The number of carbonyl (C=O) groups excluding carboxylic acids is 2. The number of hydrogen-bond donors (Lipinski definition) is 2. The van der Waals surface area contributed by atoms with Crippen LogP contribution in [0.1, 0.15) is 32.6 Å². The second kappa shape index (κ2) is 7.13. The molecule has 0 radical (unpaired) electrons. The first-order valence-corrected chi connectivity index (χ1v) is 9.98. The average molecular weight is 365 g/mol. The predicted molar refractivity (Wildman–Crippen MR) is 93.4 cm³/mol. The van der Waals surface area contributed by atoms with Crippen molar-refractivity contribution in [2.75, 3.05) is 18.4 Å². The molecule has 2 aliphatic rings. The minimum absolute atomic E-state index is 0.0385. The van der Waals surface area contributed by atoms with Gasteiger partial charge in [0.25, 0.3) is 0 Å². The number of anilines is 1. The van der Waals surface area contributed by atoms with Crippen LogP contribution in [0.4, 0.5) is 5.69 Å². The van der Waals surface area contributed by atoms with Crippen LogP contribution in [0.2, 0.25) is 0 Å². The molecule has 136 valence electrons. The monoisotopic (exact) mass is 365 g/mol. The molecular weight excluding hydrogens is 342 g/mol. The molecule has 0 spiro atoms. The second-order valence-electron chi connectivity index (χ2n) is 6.69. The van der Waals surface area contributed by atoms with Gasteiger partial charge in [-0.1, -0.05) is 0 Å². The summed E-state index contributed by atoms with van der Waals surface area (Å²) in [5.41, 5.74) is 0.548. The number of rotatable bonds is 5. The minimum atomic E-state index is -3.65. The number of hydrogen-bond acceptors (Lipinski definition) is 4. The van der Waals surface area contributed by atoms with E-state index in [4.69, 9.17) is 0 Å². The highest BCUT2D eigenvalue weighted by Gasteiger charge is 2.35. The van der Waals surface area contributed by atoms with Crippen molar-refractivity contribution in [1.29, 1.82) is 0 Å². The fraction of sp³-hybridized carbons (Fsp3) is 0.529. The molecule has 0 aromatic heterocycles. The molecule has 2 fully saturated rings. The molecular formula is C17H23N3O4S. The van der Waals surface area contributed by atoms with Crippen molar-refractivity contribution in [3.63, 3.8) is 0 Å². The van der Waals surface area contributed by atoms with Crippen molar-refractivity contribution in [2.24, 2.45) is 5.92 Å². The van der Waals surface area contributed by atoms with Crippen LogP contribution in [-0.4, -0.2) is 43.7 Å². The van der Waals surface area contributed by atoms with E-state index in [1.165, 1.54) is 23.4 Å². The molecule has 1 atom stereocenters. The van der Waals surface area contributed by atoms with Crippen molar-refractivity contribution in [3.05, 3.63) is 24.3 Å². The third kappa shape index (κ3) is 4.38. The molecule has 8 heteroatoms. The maximum absolute atomic E-state index is 12.8. The van der Waals surface area contributed by atoms with Crippen LogP contribution in [0.15, 0.2) is 29.2 Å². The summed E-state index contributed by atoms with van der Waals surface area (Å²) >= 11 is 0. The van der Waals surface area contributed by atoms with Gasteiger partial charge in [-0.2, -0.15) is 4.31 Å². The third-order valence-electron chi connectivity index (χ3n) is 4.49. The maximum atomic E-state index is 12.8. The average Bonchev–Trinajstić information content (AvgIpc) is 3.39. The Morgan fingerprint density at radius 2 is 1.80 bits per heavy atom. The van der Waals surface area contributed by atoms with Gasteiger partial charge in [0.2, 0.25) is 21.8 Å². The second-order valence-corrected chi connectivity index (χ2v) is 8.63. The first kappa shape index (κ1) is 17.9. The number of nitrogens with zero attached hydrogens (tertiary/aromatic N) is 1. The molecule has 2 N–H and O–H groups in total. The Hall–Kier alpha value is -1.93. The van der Waals surface area contributed by atoms with E-state index in [2.05, 4.69) is 10.6 Å². The number of sulfonamides is 1. The van der Waals surface area contributed by atoms with E-state index in [1.807, 2.05) is 0 Å². The SMILES string of the molecule is CC(=O)Nc1ccc(S(=O)(=O)N2CCC[C@H](C(=O)NC3CC3)C2)cc1. The molecule has 1 aromatic rings. The molecule has 1 aromatic carbocycles. The number of carbonyl (C=O) groups is 2. The number of nitrogens with one attached hydrogen (secondary N) is 2. The quantitative estimate of drug-likeness (QED) is 0.823. The highest BCUT2D eigenvalue weighted by atomic mass is 32.2. The van der Waals surface area contributed by atoms with E-state index >= 15 is 0 Å². The van der Waals surface area contributed by atoms with Crippen LogP contribution in [0.25, 0.3) is 0 Å². The van der Waals surface area contributed by atoms with E-state index in [0.717, 1.165) is 12.8 Å². The van der Waals surface area contributed by atoms with Gasteiger partial charge in [-0.15, -0.1) is 0 Å². The van der Waals surface area contributed by atoms with E-state index in [-0.39, 0.29) is 35.2 Å². The molecule has 1 saturated heterocycles. The van der Waals surface area contributed by atoms with Crippen molar-refractivity contribution in [3.8, 4) is 0 Å². The molecule has 1 heterocycles. The fourth-order valence-electron chi connectivity index (χ4n) is 2.98. The van der Waals surface area contributed by atoms with Crippen LogP contribution in [-0.2, 0) is 19.6 Å². The van der Waals surface area contributed by atoms with Crippen molar-refractivity contribution < 1.29 is 18.0 Å². The summed E-state index contributed by atoms with van der Waals surface area (Å²) in [5, 5.41) is 5.57. The fourth-order valence-corrected chi connectivity index (χ4v) is 4.51. The maximum Gasteiger partial charge on any atom is 0.243 e. The largest absolute Gasteiger partial charge is 0.353 e. The number of piperidine rings is 1. The smallest absolute Gasteiger partial charge is 0.243 e. The van der Waals surface area contributed by atoms with Crippen LogP contribution in [0, 0.1) is 5.92 Å². The first-order valence-electron chi connectivity index (χ1n) is 8.54. The molecule has 3 rings (SSSR count). The minimum Gasteiger partial charge on any atom is -0.353 e. The van der Waals surface area contributed by atoms with Crippen molar-refractivity contribution in [2.45, 2.75) is 43.5 Å². The zero-order valence-corrected chi connectivity index (χ0v) is 15.0. The summed E-state index contributed by atoms with van der Waals surface area (Å²) in [4.78, 5) is 23.5. The van der Waals surface area contributed by atoms with Gasteiger partial charge < -0.3 is 10.6 Å². The number of amides is 2. The summed E-state index contributed by atoms with van der Waals surface area (Å²) in [6.45, 7) is 2.03. The summed E-state index contributed by atoms with van der Waals surface area (Å²) in [6, 6.07) is 6.37. The predicted octanol–water partition coefficient (Wildman–Crippen LogP) is 1.32. The van der Waals surface area contributed by atoms with Gasteiger partial charge in [-0.3, -0.25) is 9.59 Å². The Morgan fingerprint density at radius 3 is 2.40 bits per heavy atom. The molecule has 25 heavy (non-hydrogen) atoms. The van der Waals surface area contributed by atoms with Gasteiger partial charge in [0.15, 0.2) is 0 Å².